The molecule has 2 aromatic heterocycles. The third kappa shape index (κ3) is 3.34. The molecule has 6 nitrogen and oxygen atoms in total. The van der Waals surface area contributed by atoms with Crippen LogP contribution in [0.1, 0.15) is 10.5 Å². The number of methoxy groups -OCH3 is 1. The number of hydrogen-bond acceptors (Lipinski definition) is 4. The number of rotatable bonds is 4. The third-order valence-electron chi connectivity index (χ3n) is 3.24. The van der Waals surface area contributed by atoms with Crippen LogP contribution in [-0.4, -0.2) is 27.8 Å². The number of nitrogens with one attached hydrogen (secondary N) is 1. The van der Waals surface area contributed by atoms with Crippen LogP contribution in [0.3, 0.4) is 0 Å². The van der Waals surface area contributed by atoms with Gasteiger partial charge in [-0.3, -0.25) is 9.78 Å². The van der Waals surface area contributed by atoms with E-state index in [9.17, 15) is 4.79 Å². The molecule has 0 unspecified atom stereocenters. The number of pyridine rings is 1. The monoisotopic (exact) mass is 362 g/mol. The van der Waals surface area contributed by atoms with E-state index in [1.165, 1.54) is 18.0 Å². The minimum atomic E-state index is -0.375. The third-order valence-corrected chi connectivity index (χ3v) is 3.98. The first kappa shape index (κ1) is 16.3. The summed E-state index contributed by atoms with van der Waals surface area (Å²) in [5.41, 5.74) is 1.41. The van der Waals surface area contributed by atoms with E-state index in [2.05, 4.69) is 15.4 Å². The van der Waals surface area contributed by atoms with Crippen molar-refractivity contribution in [3.63, 3.8) is 0 Å². The van der Waals surface area contributed by atoms with Crippen LogP contribution in [0.4, 0.5) is 5.69 Å². The fourth-order valence-electron chi connectivity index (χ4n) is 2.06. The van der Waals surface area contributed by atoms with Crippen LogP contribution in [-0.2, 0) is 0 Å². The van der Waals surface area contributed by atoms with Crippen molar-refractivity contribution in [3.8, 4) is 11.4 Å². The summed E-state index contributed by atoms with van der Waals surface area (Å²) >= 11 is 11.9. The molecule has 24 heavy (non-hydrogen) atoms. The first-order chi connectivity index (χ1) is 11.6. The van der Waals surface area contributed by atoms with Crippen LogP contribution in [0.2, 0.25) is 10.0 Å². The minimum Gasteiger partial charge on any atom is -0.494 e. The molecule has 0 aliphatic rings. The van der Waals surface area contributed by atoms with E-state index < -0.39 is 0 Å². The number of hydrogen-bond donors (Lipinski definition) is 1. The van der Waals surface area contributed by atoms with Crippen molar-refractivity contribution in [1.82, 2.24) is 14.8 Å². The quantitative estimate of drug-likeness (QED) is 0.765. The molecule has 1 amide bonds. The van der Waals surface area contributed by atoms with Gasteiger partial charge >= 0.3 is 0 Å². The highest BCUT2D eigenvalue weighted by Crippen LogP contribution is 2.25. The molecule has 0 saturated carbocycles. The molecular weight excluding hydrogens is 351 g/mol. The van der Waals surface area contributed by atoms with Crippen molar-refractivity contribution in [2.24, 2.45) is 0 Å². The first-order valence-corrected chi connectivity index (χ1v) is 7.64. The van der Waals surface area contributed by atoms with Crippen LogP contribution in [0.5, 0.6) is 5.75 Å². The van der Waals surface area contributed by atoms with Gasteiger partial charge in [-0.15, -0.1) is 0 Å². The fourth-order valence-corrected chi connectivity index (χ4v) is 2.35. The highest BCUT2D eigenvalue weighted by atomic mass is 35.5. The summed E-state index contributed by atoms with van der Waals surface area (Å²) in [5.74, 6) is 0.141. The number of benzene rings is 1. The molecular formula is C16H12Cl2N4O2. The molecule has 3 rings (SSSR count). The van der Waals surface area contributed by atoms with E-state index in [0.29, 0.717) is 27.2 Å². The first-order valence-electron chi connectivity index (χ1n) is 6.89. The maximum atomic E-state index is 12.3. The molecule has 1 N–H and O–H groups in total. The van der Waals surface area contributed by atoms with Gasteiger partial charge in [0.05, 0.1) is 29.0 Å². The van der Waals surface area contributed by atoms with Gasteiger partial charge in [0.2, 0.25) is 0 Å². The maximum Gasteiger partial charge on any atom is 0.276 e. The number of aromatic nitrogens is 3. The van der Waals surface area contributed by atoms with Crippen LogP contribution < -0.4 is 10.1 Å². The summed E-state index contributed by atoms with van der Waals surface area (Å²) in [6, 6.07) is 8.35. The van der Waals surface area contributed by atoms with E-state index in [-0.39, 0.29) is 11.6 Å². The Morgan fingerprint density at radius 3 is 2.79 bits per heavy atom. The lowest BCUT2D eigenvalue weighted by Crippen LogP contribution is -2.14. The number of halogens is 2. The molecule has 0 atom stereocenters. The standard InChI is InChI=1S/C16H12Cl2N4O2/c1-24-15-4-6-19-9-14(15)20-16(23)13-5-7-22(21-13)10-2-3-11(17)12(18)8-10/h2-9H,1H3,(H,20,23). The summed E-state index contributed by atoms with van der Waals surface area (Å²) in [7, 11) is 1.52. The molecule has 0 fully saturated rings. The normalized spacial score (nSPS) is 10.5. The lowest BCUT2D eigenvalue weighted by Gasteiger charge is -2.08. The van der Waals surface area contributed by atoms with E-state index in [1.807, 2.05) is 0 Å². The number of nitrogens with zero attached hydrogens (tertiary/aromatic N) is 3. The van der Waals surface area contributed by atoms with Gasteiger partial charge in [-0.2, -0.15) is 5.10 Å². The molecule has 8 heteroatoms. The van der Waals surface area contributed by atoms with Crippen LogP contribution in [0.15, 0.2) is 48.9 Å². The zero-order valence-electron chi connectivity index (χ0n) is 12.5. The second-order valence-corrected chi connectivity index (χ2v) is 5.59. The Hall–Kier alpha value is -2.57. The second-order valence-electron chi connectivity index (χ2n) is 4.77. The second kappa shape index (κ2) is 6.90. The van der Waals surface area contributed by atoms with Crippen LogP contribution in [0, 0.1) is 0 Å². The summed E-state index contributed by atoms with van der Waals surface area (Å²) in [5, 5.41) is 7.82. The van der Waals surface area contributed by atoms with Gasteiger partial charge in [-0.05, 0) is 24.3 Å². The highest BCUT2D eigenvalue weighted by molar-refractivity contribution is 6.42. The van der Waals surface area contributed by atoms with Crippen LogP contribution >= 0.6 is 23.2 Å². The zero-order chi connectivity index (χ0) is 17.1. The Morgan fingerprint density at radius 2 is 2.04 bits per heavy atom. The van der Waals surface area contributed by atoms with Crippen molar-refractivity contribution in [1.29, 1.82) is 0 Å². The summed E-state index contributed by atoms with van der Waals surface area (Å²) in [4.78, 5) is 16.3. The van der Waals surface area contributed by atoms with Gasteiger partial charge in [-0.1, -0.05) is 23.2 Å². The van der Waals surface area contributed by atoms with Gasteiger partial charge in [0.15, 0.2) is 5.69 Å². The Kier molecular flexibility index (Phi) is 4.69. The van der Waals surface area contributed by atoms with Gasteiger partial charge < -0.3 is 10.1 Å². The highest BCUT2D eigenvalue weighted by Gasteiger charge is 2.13. The van der Waals surface area contributed by atoms with Crippen molar-refractivity contribution >= 4 is 34.8 Å². The summed E-state index contributed by atoms with van der Waals surface area (Å²) in [6.07, 6.45) is 4.75. The van der Waals surface area contributed by atoms with Crippen molar-refractivity contribution < 1.29 is 9.53 Å². The molecule has 0 spiro atoms. The Labute approximate surface area is 148 Å². The lowest BCUT2D eigenvalue weighted by atomic mass is 10.3. The Bertz CT molecular complexity index is 895. The van der Waals surface area contributed by atoms with Gasteiger partial charge in [-0.25, -0.2) is 4.68 Å². The number of ether oxygens (including phenoxy) is 1. The maximum absolute atomic E-state index is 12.3. The Morgan fingerprint density at radius 1 is 1.21 bits per heavy atom. The minimum absolute atomic E-state index is 0.243. The van der Waals surface area contributed by atoms with Crippen molar-refractivity contribution in [2.45, 2.75) is 0 Å². The molecule has 1 aromatic carbocycles. The van der Waals surface area contributed by atoms with Crippen molar-refractivity contribution in [3.05, 3.63) is 64.7 Å². The van der Waals surface area contributed by atoms with Gasteiger partial charge in [0, 0.05) is 18.5 Å². The largest absolute Gasteiger partial charge is 0.494 e. The van der Waals surface area contributed by atoms with Gasteiger partial charge in [0.25, 0.3) is 5.91 Å². The van der Waals surface area contributed by atoms with Gasteiger partial charge in [0.1, 0.15) is 11.4 Å². The molecule has 122 valence electrons. The summed E-state index contributed by atoms with van der Waals surface area (Å²) < 4.78 is 6.71. The number of carbonyl (C=O) groups excluding carboxylic acids is 1. The molecule has 0 bridgehead atoms. The van der Waals surface area contributed by atoms with E-state index >= 15 is 0 Å². The molecule has 0 aliphatic carbocycles. The zero-order valence-corrected chi connectivity index (χ0v) is 14.0. The molecule has 0 saturated heterocycles. The molecule has 2 heterocycles. The molecule has 0 radical (unpaired) electrons. The predicted molar refractivity (Wildman–Crippen MR) is 92.3 cm³/mol. The fraction of sp³-hybridized carbons (Fsp3) is 0.0625. The number of anilines is 1. The summed E-state index contributed by atoms with van der Waals surface area (Å²) in [6.45, 7) is 0. The van der Waals surface area contributed by atoms with E-state index in [4.69, 9.17) is 27.9 Å². The number of amides is 1. The van der Waals surface area contributed by atoms with E-state index in [1.54, 1.807) is 42.7 Å². The number of carbonyl (C=O) groups is 1. The average molecular weight is 363 g/mol. The lowest BCUT2D eigenvalue weighted by molar-refractivity contribution is 0.102. The van der Waals surface area contributed by atoms with E-state index in [0.717, 1.165) is 0 Å². The van der Waals surface area contributed by atoms with Crippen molar-refractivity contribution in [2.75, 3.05) is 12.4 Å². The SMILES string of the molecule is COc1ccncc1NC(=O)c1ccn(-c2ccc(Cl)c(Cl)c2)n1. The average Bonchev–Trinajstić information content (AvgIpc) is 3.08. The molecule has 3 aromatic rings. The molecule has 0 aliphatic heterocycles. The topological polar surface area (TPSA) is 69.0 Å². The predicted octanol–water partition coefficient (Wildman–Crippen LogP) is 3.84. The Balaban J connectivity index is 1.82. The van der Waals surface area contributed by atoms with Crippen LogP contribution in [0.25, 0.3) is 5.69 Å². The smallest absolute Gasteiger partial charge is 0.276 e.